The largest absolute Gasteiger partial charge is 0.506 e. The van der Waals surface area contributed by atoms with Gasteiger partial charge in [0.15, 0.2) is 5.82 Å². The number of nitriles is 1. The van der Waals surface area contributed by atoms with Gasteiger partial charge in [-0.3, -0.25) is 14.2 Å². The van der Waals surface area contributed by atoms with E-state index in [-0.39, 0.29) is 69.6 Å². The number of anilines is 1. The number of amides is 1. The van der Waals surface area contributed by atoms with E-state index in [1.54, 1.807) is 17.2 Å². The smallest absolute Gasteiger partial charge is 0.276 e. The molecule has 0 bridgehead atoms. The van der Waals surface area contributed by atoms with Crippen LogP contribution in [-0.2, 0) is 4.79 Å². The van der Waals surface area contributed by atoms with Crippen LogP contribution in [0.4, 0.5) is 10.1 Å². The molecule has 4 heterocycles. The monoisotopic (exact) mass is 704 g/mol. The summed E-state index contributed by atoms with van der Waals surface area (Å²) in [6.07, 6.45) is 4.82. The summed E-state index contributed by atoms with van der Waals surface area (Å²) in [5.41, 5.74) is 0.0165. The molecule has 240 valence electrons. The number of halogens is 5. The summed E-state index contributed by atoms with van der Waals surface area (Å²) in [5, 5.41) is 23.5. The van der Waals surface area contributed by atoms with Crippen molar-refractivity contribution in [2.24, 2.45) is 5.92 Å². The summed E-state index contributed by atoms with van der Waals surface area (Å²) in [6.45, 7) is 12.1. The standard InChI is InChI=1S/C32H29Cl4FN6O3/c1-6-20(44)42-10-9-41(13-16(42)5)29-17-11-19(33)27(21-25(37)23(35)22(34)24(36)30(21)45)40-31(17)43(32(46)18(29)12-38)28-15(4)7-8-39-26(28)14(2)3/h6-8,11,14,16,26,39,45H,1,9-10,13H2,2-5H3/t16-,26?/m1/s1. The first kappa shape index (κ1) is 33.6. The van der Waals surface area contributed by atoms with Gasteiger partial charge in [0.1, 0.15) is 28.1 Å². The lowest BCUT2D eigenvalue weighted by molar-refractivity contribution is -0.128. The van der Waals surface area contributed by atoms with E-state index in [1.165, 1.54) is 16.7 Å². The van der Waals surface area contributed by atoms with Crippen molar-refractivity contribution in [2.45, 2.75) is 39.8 Å². The zero-order valence-electron chi connectivity index (χ0n) is 25.3. The first-order valence-corrected chi connectivity index (χ1v) is 15.8. The Hall–Kier alpha value is -3.75. The number of hydrogen-bond donors (Lipinski definition) is 2. The number of benzene rings is 1. The quantitative estimate of drug-likeness (QED) is 0.167. The van der Waals surface area contributed by atoms with Crippen LogP contribution in [0.1, 0.15) is 33.3 Å². The first-order chi connectivity index (χ1) is 21.7. The van der Waals surface area contributed by atoms with Gasteiger partial charge >= 0.3 is 0 Å². The number of nitrogens with zero attached hydrogens (tertiary/aromatic N) is 5. The highest BCUT2D eigenvalue weighted by Gasteiger charge is 2.34. The number of carbonyl (C=O) groups excluding carboxylic acids is 1. The fourth-order valence-corrected chi connectivity index (χ4v) is 6.89. The number of nitrogens with one attached hydrogen (secondary N) is 1. The molecule has 14 heteroatoms. The predicted molar refractivity (Wildman–Crippen MR) is 181 cm³/mol. The highest BCUT2D eigenvalue weighted by atomic mass is 35.5. The minimum atomic E-state index is -1.11. The van der Waals surface area contributed by atoms with E-state index in [0.29, 0.717) is 17.6 Å². The Morgan fingerprint density at radius 3 is 2.54 bits per heavy atom. The SMILES string of the molecule is C=CC(=O)N1CCN(c2c(C#N)c(=O)n(C3=C(C)C=CNC3C(C)C)c3nc(-c4c(O)c(Cl)c(Cl)c(Cl)c4F)c(Cl)cc23)C[C@H]1C. The van der Waals surface area contributed by atoms with Crippen molar-refractivity contribution < 1.29 is 14.3 Å². The molecular weight excluding hydrogens is 677 g/mol. The van der Waals surface area contributed by atoms with E-state index in [0.717, 1.165) is 5.57 Å². The number of rotatable bonds is 5. The van der Waals surface area contributed by atoms with Crippen molar-refractivity contribution in [3.63, 3.8) is 0 Å². The third-order valence-electron chi connectivity index (χ3n) is 8.28. The second-order valence-electron chi connectivity index (χ2n) is 11.5. The van der Waals surface area contributed by atoms with Gasteiger partial charge in [-0.15, -0.1) is 0 Å². The number of pyridine rings is 2. The number of aromatic nitrogens is 2. The maximum Gasteiger partial charge on any atom is 0.276 e. The molecular formula is C32H29Cl4FN6O3. The Morgan fingerprint density at radius 2 is 1.93 bits per heavy atom. The second kappa shape index (κ2) is 12.8. The molecule has 0 spiro atoms. The van der Waals surface area contributed by atoms with Gasteiger partial charge in [0.2, 0.25) is 5.91 Å². The first-order valence-electron chi connectivity index (χ1n) is 14.3. The van der Waals surface area contributed by atoms with Crippen LogP contribution < -0.4 is 15.8 Å². The van der Waals surface area contributed by atoms with Crippen LogP contribution >= 0.6 is 46.4 Å². The highest BCUT2D eigenvalue weighted by molar-refractivity contribution is 6.49. The Balaban J connectivity index is 1.91. The lowest BCUT2D eigenvalue weighted by Crippen LogP contribution is -2.54. The molecule has 1 saturated heterocycles. The molecule has 1 fully saturated rings. The van der Waals surface area contributed by atoms with E-state index >= 15 is 4.39 Å². The summed E-state index contributed by atoms with van der Waals surface area (Å²) >= 11 is 25.1. The predicted octanol–water partition coefficient (Wildman–Crippen LogP) is 6.99. The van der Waals surface area contributed by atoms with Crippen molar-refractivity contribution in [2.75, 3.05) is 24.5 Å². The number of carbonyl (C=O) groups is 1. The fraction of sp³-hybridized carbons (Fsp3) is 0.312. The number of aromatic hydroxyl groups is 1. The number of phenolic OH excluding ortho intramolecular Hbond substituents is 1. The molecule has 0 radical (unpaired) electrons. The molecule has 46 heavy (non-hydrogen) atoms. The molecule has 2 aliphatic heterocycles. The van der Waals surface area contributed by atoms with Gasteiger partial charge in [-0.25, -0.2) is 9.37 Å². The Labute approximate surface area is 284 Å². The summed E-state index contributed by atoms with van der Waals surface area (Å²) in [5.74, 6) is -2.09. The van der Waals surface area contributed by atoms with Crippen molar-refractivity contribution in [1.29, 1.82) is 5.26 Å². The number of piperazine rings is 1. The lowest BCUT2D eigenvalue weighted by Gasteiger charge is -2.41. The average Bonchev–Trinajstić information content (AvgIpc) is 3.02. The van der Waals surface area contributed by atoms with E-state index in [4.69, 9.17) is 51.4 Å². The van der Waals surface area contributed by atoms with Crippen LogP contribution in [0.15, 0.2) is 41.4 Å². The van der Waals surface area contributed by atoms with Crippen LogP contribution in [-0.4, -0.2) is 57.2 Å². The summed E-state index contributed by atoms with van der Waals surface area (Å²) in [7, 11) is 0. The van der Waals surface area contributed by atoms with E-state index in [1.807, 2.05) is 32.6 Å². The van der Waals surface area contributed by atoms with Gasteiger partial charge in [-0.2, -0.15) is 5.26 Å². The molecule has 3 aromatic rings. The van der Waals surface area contributed by atoms with E-state index in [2.05, 4.69) is 18.0 Å². The van der Waals surface area contributed by atoms with Gasteiger partial charge in [0.05, 0.1) is 43.8 Å². The Bertz CT molecular complexity index is 1950. The molecule has 1 unspecified atom stereocenters. The zero-order valence-corrected chi connectivity index (χ0v) is 28.3. The van der Waals surface area contributed by atoms with Gasteiger partial charge < -0.3 is 20.2 Å². The summed E-state index contributed by atoms with van der Waals surface area (Å²) in [6, 6.07) is 2.91. The molecule has 0 aliphatic carbocycles. The van der Waals surface area contributed by atoms with Gasteiger partial charge in [-0.1, -0.05) is 66.8 Å². The maximum absolute atomic E-state index is 15.7. The minimum absolute atomic E-state index is 0.0134. The Kier molecular flexibility index (Phi) is 9.35. The minimum Gasteiger partial charge on any atom is -0.506 e. The van der Waals surface area contributed by atoms with Crippen molar-refractivity contribution in [3.8, 4) is 23.1 Å². The molecule has 2 aromatic heterocycles. The fourth-order valence-electron chi connectivity index (χ4n) is 6.05. The summed E-state index contributed by atoms with van der Waals surface area (Å²) in [4.78, 5) is 35.2. The molecule has 1 amide bonds. The average molecular weight is 706 g/mol. The lowest BCUT2D eigenvalue weighted by atomic mass is 9.94. The Morgan fingerprint density at radius 1 is 1.24 bits per heavy atom. The topological polar surface area (TPSA) is 114 Å². The van der Waals surface area contributed by atoms with Crippen molar-refractivity contribution >= 4 is 74.7 Å². The highest BCUT2D eigenvalue weighted by Crippen LogP contribution is 2.48. The number of dihydropyridines is 1. The van der Waals surface area contributed by atoms with Crippen molar-refractivity contribution in [1.82, 2.24) is 19.8 Å². The number of allylic oxidation sites excluding steroid dienone is 2. The van der Waals surface area contributed by atoms with Gasteiger partial charge in [0.25, 0.3) is 5.56 Å². The normalized spacial score (nSPS) is 18.3. The third-order valence-corrected chi connectivity index (χ3v) is 9.87. The summed E-state index contributed by atoms with van der Waals surface area (Å²) < 4.78 is 17.0. The number of hydrogen-bond acceptors (Lipinski definition) is 7. The van der Waals surface area contributed by atoms with E-state index < -0.39 is 32.7 Å². The third kappa shape index (κ3) is 5.39. The molecule has 0 saturated carbocycles. The van der Waals surface area contributed by atoms with Crippen LogP contribution in [0.25, 0.3) is 28.0 Å². The number of fused-ring (bicyclic) bond motifs is 1. The van der Waals surface area contributed by atoms with Gasteiger partial charge in [0, 0.05) is 31.1 Å². The molecule has 9 nitrogen and oxygen atoms in total. The second-order valence-corrected chi connectivity index (χ2v) is 13.0. The zero-order chi connectivity index (χ0) is 33.8. The van der Waals surface area contributed by atoms with Crippen LogP contribution in [0.2, 0.25) is 20.1 Å². The molecule has 1 aromatic carbocycles. The van der Waals surface area contributed by atoms with Crippen molar-refractivity contribution in [3.05, 3.63) is 78.4 Å². The van der Waals surface area contributed by atoms with E-state index in [9.17, 15) is 20.0 Å². The molecule has 2 aliphatic rings. The van der Waals surface area contributed by atoms with Crippen LogP contribution in [0.3, 0.4) is 0 Å². The maximum atomic E-state index is 15.7. The van der Waals surface area contributed by atoms with Gasteiger partial charge in [-0.05, 0) is 49.8 Å². The molecule has 2 N–H and O–H groups in total. The molecule has 5 rings (SSSR count). The van der Waals surface area contributed by atoms with Crippen LogP contribution in [0.5, 0.6) is 5.75 Å². The molecule has 2 atom stereocenters. The van der Waals surface area contributed by atoms with Crippen LogP contribution in [0, 0.1) is 23.1 Å². The number of phenols is 1.